The lowest BCUT2D eigenvalue weighted by atomic mass is 10.1. The maximum atomic E-state index is 12.1. The highest BCUT2D eigenvalue weighted by molar-refractivity contribution is 6.14. The number of hydrogen-bond donors (Lipinski definition) is 0. The van der Waals surface area contributed by atoms with Crippen molar-refractivity contribution in [1.29, 1.82) is 0 Å². The number of aromatic nitrogens is 1. The molecule has 1 aromatic rings. The fourth-order valence-electron chi connectivity index (χ4n) is 2.59. The predicted octanol–water partition coefficient (Wildman–Crippen LogP) is 1.45. The average molecular weight is 333 g/mol. The van der Waals surface area contributed by atoms with Gasteiger partial charge in [-0.15, -0.1) is 0 Å². The molecule has 0 atom stereocenters. The van der Waals surface area contributed by atoms with Crippen molar-refractivity contribution in [2.75, 3.05) is 31.1 Å². The molecule has 0 bridgehead atoms. The number of piperazine rings is 1. The molecular weight excluding hydrogens is 314 g/mol. The second-order valence-electron chi connectivity index (χ2n) is 6.72. The van der Waals surface area contributed by atoms with Crippen LogP contribution in [0.2, 0.25) is 0 Å². The van der Waals surface area contributed by atoms with Gasteiger partial charge >= 0.3 is 18.0 Å². The molecule has 128 valence electrons. The minimum absolute atomic E-state index is 0.191. The Kier molecular flexibility index (Phi) is 3.90. The van der Waals surface area contributed by atoms with Gasteiger partial charge in [0, 0.05) is 32.4 Å². The fourth-order valence-corrected chi connectivity index (χ4v) is 2.59. The van der Waals surface area contributed by atoms with Crippen molar-refractivity contribution in [3.8, 4) is 0 Å². The van der Waals surface area contributed by atoms with Gasteiger partial charge in [0.05, 0.1) is 11.1 Å². The van der Waals surface area contributed by atoms with E-state index < -0.39 is 17.5 Å². The molecule has 8 heteroatoms. The van der Waals surface area contributed by atoms with Crippen LogP contribution in [0.4, 0.5) is 10.6 Å². The van der Waals surface area contributed by atoms with Gasteiger partial charge in [0.25, 0.3) is 0 Å². The number of pyridine rings is 1. The lowest BCUT2D eigenvalue weighted by Gasteiger charge is -2.36. The van der Waals surface area contributed by atoms with E-state index in [1.807, 2.05) is 25.7 Å². The van der Waals surface area contributed by atoms with Crippen LogP contribution in [0.5, 0.6) is 0 Å². The van der Waals surface area contributed by atoms with E-state index in [-0.39, 0.29) is 17.2 Å². The van der Waals surface area contributed by atoms with Crippen molar-refractivity contribution in [2.24, 2.45) is 0 Å². The molecule has 1 aromatic heterocycles. The summed E-state index contributed by atoms with van der Waals surface area (Å²) in [6, 6.07) is 1.56. The molecular formula is C16H19N3O5. The Bertz CT molecular complexity index is 702. The van der Waals surface area contributed by atoms with Gasteiger partial charge in [-0.2, -0.15) is 0 Å². The largest absolute Gasteiger partial charge is 0.444 e. The van der Waals surface area contributed by atoms with Crippen LogP contribution in [-0.4, -0.2) is 59.7 Å². The topological polar surface area (TPSA) is 89.0 Å². The second-order valence-corrected chi connectivity index (χ2v) is 6.72. The van der Waals surface area contributed by atoms with Crippen molar-refractivity contribution >= 4 is 23.8 Å². The standard InChI is InChI=1S/C16H19N3O5/c1-16(2,3)24-15(22)19-6-4-18(5-7-19)12-8-10-11(9-17-12)14(21)23-13(10)20/h8-9H,4-7H2,1-3H3. The molecule has 1 fully saturated rings. The van der Waals surface area contributed by atoms with Crippen LogP contribution in [0, 0.1) is 0 Å². The van der Waals surface area contributed by atoms with Gasteiger partial charge in [-0.1, -0.05) is 0 Å². The number of amides is 1. The highest BCUT2D eigenvalue weighted by Gasteiger charge is 2.32. The first-order valence-corrected chi connectivity index (χ1v) is 7.74. The first kappa shape index (κ1) is 16.2. The van der Waals surface area contributed by atoms with E-state index in [2.05, 4.69) is 9.72 Å². The third-order valence-corrected chi connectivity index (χ3v) is 3.77. The SMILES string of the molecule is CC(C)(C)OC(=O)N1CCN(c2cc3c(cn2)C(=O)OC3=O)CC1. The second kappa shape index (κ2) is 5.77. The molecule has 0 aliphatic carbocycles. The van der Waals surface area contributed by atoms with E-state index in [0.29, 0.717) is 32.0 Å². The number of rotatable bonds is 1. The zero-order valence-corrected chi connectivity index (χ0v) is 13.9. The highest BCUT2D eigenvalue weighted by atomic mass is 16.6. The van der Waals surface area contributed by atoms with Crippen LogP contribution < -0.4 is 4.90 Å². The molecule has 0 spiro atoms. The quantitative estimate of drug-likeness (QED) is 0.567. The van der Waals surface area contributed by atoms with Gasteiger partial charge in [0.1, 0.15) is 11.4 Å². The minimum Gasteiger partial charge on any atom is -0.444 e. The van der Waals surface area contributed by atoms with E-state index in [4.69, 9.17) is 4.74 Å². The number of carbonyl (C=O) groups is 3. The first-order chi connectivity index (χ1) is 11.2. The highest BCUT2D eigenvalue weighted by Crippen LogP contribution is 2.24. The lowest BCUT2D eigenvalue weighted by Crippen LogP contribution is -2.50. The van der Waals surface area contributed by atoms with Crippen LogP contribution in [0.3, 0.4) is 0 Å². The Hall–Kier alpha value is -2.64. The maximum absolute atomic E-state index is 12.1. The summed E-state index contributed by atoms with van der Waals surface area (Å²) in [7, 11) is 0. The van der Waals surface area contributed by atoms with Crippen LogP contribution >= 0.6 is 0 Å². The molecule has 3 rings (SSSR count). The molecule has 3 heterocycles. The third kappa shape index (κ3) is 3.17. The maximum Gasteiger partial charge on any atom is 0.410 e. The van der Waals surface area contributed by atoms with Crippen LogP contribution in [-0.2, 0) is 9.47 Å². The number of fused-ring (bicyclic) bond motifs is 1. The molecule has 1 saturated heterocycles. The summed E-state index contributed by atoms with van der Waals surface area (Å²) in [5.74, 6) is -0.723. The van der Waals surface area contributed by atoms with Crippen LogP contribution in [0.1, 0.15) is 41.5 Å². The number of esters is 2. The summed E-state index contributed by atoms with van der Waals surface area (Å²) >= 11 is 0. The normalized spacial score (nSPS) is 17.6. The first-order valence-electron chi connectivity index (χ1n) is 7.74. The van der Waals surface area contributed by atoms with Gasteiger partial charge in [0.2, 0.25) is 0 Å². The molecule has 0 radical (unpaired) electrons. The number of ether oxygens (including phenoxy) is 2. The molecule has 2 aliphatic rings. The van der Waals surface area contributed by atoms with Crippen LogP contribution in [0.25, 0.3) is 0 Å². The summed E-state index contributed by atoms with van der Waals surface area (Å²) in [5, 5.41) is 0. The van der Waals surface area contributed by atoms with E-state index in [1.165, 1.54) is 6.20 Å². The van der Waals surface area contributed by atoms with E-state index >= 15 is 0 Å². The van der Waals surface area contributed by atoms with Crippen LogP contribution in [0.15, 0.2) is 12.3 Å². The third-order valence-electron chi connectivity index (χ3n) is 3.77. The van der Waals surface area contributed by atoms with E-state index in [1.54, 1.807) is 11.0 Å². The molecule has 0 saturated carbocycles. The molecule has 0 unspecified atom stereocenters. The zero-order valence-electron chi connectivity index (χ0n) is 13.9. The summed E-state index contributed by atoms with van der Waals surface area (Å²) in [6.45, 7) is 7.61. The lowest BCUT2D eigenvalue weighted by molar-refractivity contribution is 0.0239. The number of carbonyl (C=O) groups excluding carboxylic acids is 3. The van der Waals surface area contributed by atoms with Crippen molar-refractivity contribution in [2.45, 2.75) is 26.4 Å². The molecule has 8 nitrogen and oxygen atoms in total. The Balaban J connectivity index is 1.66. The fraction of sp³-hybridized carbons (Fsp3) is 0.500. The van der Waals surface area contributed by atoms with Gasteiger partial charge in [-0.25, -0.2) is 19.4 Å². The van der Waals surface area contributed by atoms with E-state index in [9.17, 15) is 14.4 Å². The summed E-state index contributed by atoms with van der Waals surface area (Å²) < 4.78 is 9.92. The van der Waals surface area contributed by atoms with Gasteiger partial charge < -0.3 is 19.3 Å². The predicted molar refractivity (Wildman–Crippen MR) is 84.0 cm³/mol. The number of hydrogen-bond acceptors (Lipinski definition) is 7. The monoisotopic (exact) mass is 333 g/mol. The van der Waals surface area contributed by atoms with Crippen molar-refractivity contribution in [1.82, 2.24) is 9.88 Å². The molecule has 24 heavy (non-hydrogen) atoms. The molecule has 2 aliphatic heterocycles. The summed E-state index contributed by atoms with van der Waals surface area (Å²) in [4.78, 5) is 43.0. The summed E-state index contributed by atoms with van der Waals surface area (Å²) in [5.41, 5.74) is -0.0986. The number of anilines is 1. The van der Waals surface area contributed by atoms with Gasteiger partial charge in [-0.3, -0.25) is 0 Å². The Morgan fingerprint density at radius 2 is 1.75 bits per heavy atom. The Labute approximate surface area is 139 Å². The summed E-state index contributed by atoms with van der Waals surface area (Å²) in [6.07, 6.45) is 1.02. The Morgan fingerprint density at radius 3 is 2.38 bits per heavy atom. The smallest absolute Gasteiger partial charge is 0.410 e. The van der Waals surface area contributed by atoms with Crippen molar-refractivity contribution < 1.29 is 23.9 Å². The molecule has 0 N–H and O–H groups in total. The van der Waals surface area contributed by atoms with Gasteiger partial charge in [-0.05, 0) is 26.8 Å². The number of nitrogens with zero attached hydrogens (tertiary/aromatic N) is 3. The van der Waals surface area contributed by atoms with Gasteiger partial charge in [0.15, 0.2) is 0 Å². The Morgan fingerprint density at radius 1 is 1.12 bits per heavy atom. The van der Waals surface area contributed by atoms with Crippen molar-refractivity contribution in [3.05, 3.63) is 23.4 Å². The minimum atomic E-state index is -0.663. The molecule has 1 amide bonds. The average Bonchev–Trinajstić information content (AvgIpc) is 2.80. The van der Waals surface area contributed by atoms with E-state index in [0.717, 1.165) is 0 Å². The number of cyclic esters (lactones) is 2. The zero-order chi connectivity index (χ0) is 17.5. The molecule has 0 aromatic carbocycles. The van der Waals surface area contributed by atoms with Crippen molar-refractivity contribution in [3.63, 3.8) is 0 Å².